The monoisotopic (exact) mass is 306 g/mol. The summed E-state index contributed by atoms with van der Waals surface area (Å²) in [5, 5.41) is 10.2. The molecule has 0 saturated heterocycles. The molecule has 0 N–H and O–H groups in total. The highest BCUT2D eigenvalue weighted by molar-refractivity contribution is 9.10. The van der Waals surface area contributed by atoms with Gasteiger partial charge in [0, 0.05) is 23.8 Å². The van der Waals surface area contributed by atoms with Crippen LogP contribution in [0.25, 0.3) is 16.6 Å². The van der Waals surface area contributed by atoms with Gasteiger partial charge in [0.25, 0.3) is 0 Å². The Labute approximate surface area is 110 Å². The molecule has 0 amide bonds. The van der Waals surface area contributed by atoms with Gasteiger partial charge in [-0.3, -0.25) is 4.40 Å². The van der Waals surface area contributed by atoms with Crippen LogP contribution in [0.3, 0.4) is 0 Å². The maximum absolute atomic E-state index is 8.88. The van der Waals surface area contributed by atoms with E-state index in [9.17, 15) is 0 Å². The Morgan fingerprint density at radius 3 is 3.00 bits per heavy atom. The third-order valence-corrected chi connectivity index (χ3v) is 3.24. The van der Waals surface area contributed by atoms with Crippen LogP contribution in [0.4, 0.5) is 0 Å². The van der Waals surface area contributed by atoms with Gasteiger partial charge in [-0.1, -0.05) is 11.6 Å². The van der Waals surface area contributed by atoms with Gasteiger partial charge in [-0.05, 0) is 22.0 Å². The molecular weight excluding hydrogens is 304 g/mol. The Morgan fingerprint density at radius 2 is 2.24 bits per heavy atom. The zero-order valence-corrected chi connectivity index (χ0v) is 10.7. The Kier molecular flexibility index (Phi) is 2.28. The Morgan fingerprint density at radius 1 is 1.41 bits per heavy atom. The molecule has 17 heavy (non-hydrogen) atoms. The molecule has 0 aliphatic heterocycles. The molecule has 3 rings (SSSR count). The fourth-order valence-corrected chi connectivity index (χ4v) is 2.42. The van der Waals surface area contributed by atoms with Crippen LogP contribution in [0, 0.1) is 11.3 Å². The highest BCUT2D eigenvalue weighted by Crippen LogP contribution is 2.26. The molecule has 0 atom stereocenters. The molecule has 0 radical (unpaired) electrons. The van der Waals surface area contributed by atoms with E-state index in [-0.39, 0.29) is 0 Å². The number of pyridine rings is 2. The number of nitrogens with zero attached hydrogens (tertiary/aromatic N) is 4. The summed E-state index contributed by atoms with van der Waals surface area (Å²) in [5.41, 5.74) is 1.93. The highest BCUT2D eigenvalue weighted by Gasteiger charge is 2.09. The van der Waals surface area contributed by atoms with Crippen LogP contribution in [0.2, 0.25) is 5.15 Å². The summed E-state index contributed by atoms with van der Waals surface area (Å²) < 4.78 is 2.64. The van der Waals surface area contributed by atoms with Gasteiger partial charge in [0.2, 0.25) is 0 Å². The van der Waals surface area contributed by atoms with Crippen LogP contribution in [0.1, 0.15) is 5.69 Å². The number of imidazole rings is 1. The molecule has 3 heterocycles. The second-order valence-corrected chi connectivity index (χ2v) is 4.73. The first-order chi connectivity index (χ1) is 8.19. The molecular formula is C11H4BrClN4. The molecule has 3 aromatic rings. The Hall–Kier alpha value is -1.64. The quantitative estimate of drug-likeness (QED) is 0.599. The lowest BCUT2D eigenvalue weighted by atomic mass is 10.3. The molecule has 0 aromatic carbocycles. The third kappa shape index (κ3) is 1.57. The van der Waals surface area contributed by atoms with Gasteiger partial charge in [-0.15, -0.1) is 0 Å². The van der Waals surface area contributed by atoms with Crippen molar-refractivity contribution in [3.05, 3.63) is 39.8 Å². The lowest BCUT2D eigenvalue weighted by Crippen LogP contribution is -1.89. The van der Waals surface area contributed by atoms with Gasteiger partial charge in [-0.2, -0.15) is 5.26 Å². The summed E-state index contributed by atoms with van der Waals surface area (Å²) in [4.78, 5) is 8.23. The van der Waals surface area contributed by atoms with Crippen molar-refractivity contribution >= 4 is 44.1 Å². The molecule has 0 spiro atoms. The van der Waals surface area contributed by atoms with Crippen molar-refractivity contribution in [2.75, 3.05) is 0 Å². The minimum Gasteiger partial charge on any atom is -0.297 e. The first kappa shape index (κ1) is 10.5. The first-order valence-electron chi connectivity index (χ1n) is 4.72. The molecule has 0 aliphatic rings. The summed E-state index contributed by atoms with van der Waals surface area (Å²) in [5.74, 6) is 0. The molecule has 4 nitrogen and oxygen atoms in total. The van der Waals surface area contributed by atoms with Crippen LogP contribution in [-0.2, 0) is 0 Å². The van der Waals surface area contributed by atoms with Crippen molar-refractivity contribution < 1.29 is 0 Å². The summed E-state index contributed by atoms with van der Waals surface area (Å²) in [7, 11) is 0. The number of hydrogen-bond acceptors (Lipinski definition) is 3. The van der Waals surface area contributed by atoms with Gasteiger partial charge in [0.15, 0.2) is 11.3 Å². The van der Waals surface area contributed by atoms with E-state index in [1.165, 1.54) is 0 Å². The third-order valence-electron chi connectivity index (χ3n) is 2.45. The van der Waals surface area contributed by atoms with Crippen molar-refractivity contribution in [1.82, 2.24) is 14.4 Å². The fourth-order valence-electron chi connectivity index (χ4n) is 1.74. The first-order valence-corrected chi connectivity index (χ1v) is 5.89. The number of fused-ring (bicyclic) bond motifs is 3. The van der Waals surface area contributed by atoms with Gasteiger partial charge in [-0.25, -0.2) is 9.97 Å². The van der Waals surface area contributed by atoms with Crippen molar-refractivity contribution in [2.24, 2.45) is 0 Å². The van der Waals surface area contributed by atoms with E-state index in [1.54, 1.807) is 18.5 Å². The number of halogens is 2. The maximum atomic E-state index is 8.88. The molecule has 3 aromatic heterocycles. The van der Waals surface area contributed by atoms with Crippen molar-refractivity contribution in [1.29, 1.82) is 5.26 Å². The largest absolute Gasteiger partial charge is 0.297 e. The van der Waals surface area contributed by atoms with Crippen molar-refractivity contribution in [2.45, 2.75) is 0 Å². The smallest absolute Gasteiger partial charge is 0.159 e. The van der Waals surface area contributed by atoms with Crippen LogP contribution in [0.15, 0.2) is 29.0 Å². The summed E-state index contributed by atoms with van der Waals surface area (Å²) in [6.07, 6.45) is 3.37. The molecule has 0 aliphatic carbocycles. The van der Waals surface area contributed by atoms with Crippen LogP contribution in [-0.4, -0.2) is 14.4 Å². The van der Waals surface area contributed by atoms with E-state index in [0.717, 1.165) is 15.4 Å². The van der Waals surface area contributed by atoms with Crippen LogP contribution in [0.5, 0.6) is 0 Å². The normalized spacial score (nSPS) is 10.9. The Balaban J connectivity index is 2.56. The number of hydrogen-bond donors (Lipinski definition) is 0. The summed E-state index contributed by atoms with van der Waals surface area (Å²) in [6, 6.07) is 5.68. The number of aromatic nitrogens is 3. The average Bonchev–Trinajstić information content (AvgIpc) is 2.75. The van der Waals surface area contributed by atoms with Gasteiger partial charge >= 0.3 is 0 Å². The predicted octanol–water partition coefficient (Wildman–Crippen LogP) is 3.17. The van der Waals surface area contributed by atoms with E-state index < -0.39 is 0 Å². The SMILES string of the molecule is N#Cc1cn2c(n1)c(Br)cc1cnc(Cl)cc12. The second kappa shape index (κ2) is 3.69. The fraction of sp³-hybridized carbons (Fsp3) is 0. The van der Waals surface area contributed by atoms with Crippen LogP contribution >= 0.6 is 27.5 Å². The minimum atomic E-state index is 0.367. The molecule has 0 bridgehead atoms. The van der Waals surface area contributed by atoms with Crippen LogP contribution < -0.4 is 0 Å². The highest BCUT2D eigenvalue weighted by atomic mass is 79.9. The van der Waals surface area contributed by atoms with Gasteiger partial charge in [0.05, 0.1) is 9.99 Å². The lowest BCUT2D eigenvalue weighted by Gasteiger charge is -2.03. The molecule has 0 saturated carbocycles. The van der Waals surface area contributed by atoms with E-state index >= 15 is 0 Å². The second-order valence-electron chi connectivity index (χ2n) is 3.49. The summed E-state index contributed by atoms with van der Waals surface area (Å²) in [6.45, 7) is 0. The topological polar surface area (TPSA) is 54.0 Å². The van der Waals surface area contributed by atoms with Crippen molar-refractivity contribution in [3.63, 3.8) is 0 Å². The maximum Gasteiger partial charge on any atom is 0.159 e. The zero-order chi connectivity index (χ0) is 12.0. The van der Waals surface area contributed by atoms with Gasteiger partial charge < -0.3 is 0 Å². The van der Waals surface area contributed by atoms with Gasteiger partial charge in [0.1, 0.15) is 11.2 Å². The Bertz CT molecular complexity index is 787. The average molecular weight is 308 g/mol. The van der Waals surface area contributed by atoms with E-state index in [0.29, 0.717) is 16.5 Å². The van der Waals surface area contributed by atoms with E-state index in [2.05, 4.69) is 25.9 Å². The zero-order valence-electron chi connectivity index (χ0n) is 8.35. The minimum absolute atomic E-state index is 0.367. The number of rotatable bonds is 0. The van der Waals surface area contributed by atoms with E-state index in [4.69, 9.17) is 16.9 Å². The lowest BCUT2D eigenvalue weighted by molar-refractivity contribution is 1.23. The number of nitriles is 1. The molecule has 82 valence electrons. The summed E-state index contributed by atoms with van der Waals surface area (Å²) >= 11 is 9.30. The molecule has 0 fully saturated rings. The standard InChI is InChI=1S/C11H4BrClN4/c12-8-1-6-4-15-10(13)2-9(6)17-5-7(3-14)16-11(8)17/h1-2,4-5H. The molecule has 6 heteroatoms. The predicted molar refractivity (Wildman–Crippen MR) is 67.9 cm³/mol. The molecule has 0 unspecified atom stereocenters. The van der Waals surface area contributed by atoms with Crippen molar-refractivity contribution in [3.8, 4) is 6.07 Å². The van der Waals surface area contributed by atoms with E-state index in [1.807, 2.05) is 16.5 Å².